The molecule has 0 saturated heterocycles. The smallest absolute Gasteiger partial charge is 0.260 e. The molecule has 120 valence electrons. The maximum Gasteiger partial charge on any atom is 0.260 e. The molecule has 0 saturated carbocycles. The Bertz CT molecular complexity index is 701. The van der Waals surface area contributed by atoms with Crippen LogP contribution in [0, 0.1) is 11.7 Å². The Kier molecular flexibility index (Phi) is 5.46. The van der Waals surface area contributed by atoms with E-state index < -0.39 is 11.7 Å². The van der Waals surface area contributed by atoms with E-state index in [2.05, 4.69) is 10.6 Å². The van der Waals surface area contributed by atoms with E-state index in [1.807, 2.05) is 13.0 Å². The lowest BCUT2D eigenvalue weighted by Gasteiger charge is -2.14. The van der Waals surface area contributed by atoms with Crippen molar-refractivity contribution < 1.29 is 14.0 Å². The molecule has 2 aromatic rings. The number of anilines is 2. The second kappa shape index (κ2) is 7.54. The van der Waals surface area contributed by atoms with Crippen LogP contribution in [-0.4, -0.2) is 11.8 Å². The van der Waals surface area contributed by atoms with Gasteiger partial charge < -0.3 is 10.6 Å². The molecule has 0 bridgehead atoms. The van der Waals surface area contributed by atoms with Crippen molar-refractivity contribution >= 4 is 23.2 Å². The van der Waals surface area contributed by atoms with E-state index >= 15 is 0 Å². The Morgan fingerprint density at radius 1 is 1.04 bits per heavy atom. The van der Waals surface area contributed by atoms with Gasteiger partial charge in [0, 0.05) is 11.6 Å². The van der Waals surface area contributed by atoms with E-state index in [0.717, 1.165) is 0 Å². The lowest BCUT2D eigenvalue weighted by atomic mass is 10.1. The summed E-state index contributed by atoms with van der Waals surface area (Å²) < 4.78 is 14.1. The number of carbonyl (C=O) groups is 2. The number of halogens is 1. The van der Waals surface area contributed by atoms with Gasteiger partial charge in [0.05, 0.1) is 11.3 Å². The highest BCUT2D eigenvalue weighted by Crippen LogP contribution is 2.22. The molecule has 1 atom stereocenters. The fraction of sp³-hybridized carbons (Fsp3) is 0.222. The number of rotatable bonds is 5. The normalized spacial score (nSPS) is 11.6. The van der Waals surface area contributed by atoms with Crippen LogP contribution in [0.3, 0.4) is 0 Å². The first-order valence-corrected chi connectivity index (χ1v) is 7.48. The lowest BCUT2D eigenvalue weighted by Crippen LogP contribution is -2.23. The zero-order valence-corrected chi connectivity index (χ0v) is 13.1. The summed E-state index contributed by atoms with van der Waals surface area (Å²) in [5, 5.41) is 5.25. The molecule has 2 N–H and O–H groups in total. The minimum Gasteiger partial charge on any atom is -0.325 e. The molecule has 2 rings (SSSR count). The molecule has 23 heavy (non-hydrogen) atoms. The van der Waals surface area contributed by atoms with Crippen LogP contribution in [0.25, 0.3) is 0 Å². The fourth-order valence-electron chi connectivity index (χ4n) is 2.02. The van der Waals surface area contributed by atoms with Crippen molar-refractivity contribution in [2.24, 2.45) is 5.92 Å². The van der Waals surface area contributed by atoms with Gasteiger partial charge in [-0.15, -0.1) is 0 Å². The molecule has 0 aliphatic rings. The third-order valence-electron chi connectivity index (χ3n) is 3.59. The summed E-state index contributed by atoms with van der Waals surface area (Å²) in [4.78, 5) is 24.4. The molecule has 0 aromatic heterocycles. The van der Waals surface area contributed by atoms with Crippen molar-refractivity contribution in [3.8, 4) is 0 Å². The van der Waals surface area contributed by atoms with Crippen LogP contribution in [0.5, 0.6) is 0 Å². The van der Waals surface area contributed by atoms with Crippen molar-refractivity contribution in [1.82, 2.24) is 0 Å². The fourth-order valence-corrected chi connectivity index (χ4v) is 2.02. The van der Waals surface area contributed by atoms with Gasteiger partial charge >= 0.3 is 0 Å². The largest absolute Gasteiger partial charge is 0.325 e. The van der Waals surface area contributed by atoms with E-state index in [0.29, 0.717) is 12.1 Å². The van der Waals surface area contributed by atoms with E-state index in [1.165, 1.54) is 18.2 Å². The maximum absolute atomic E-state index is 14.1. The summed E-state index contributed by atoms with van der Waals surface area (Å²) >= 11 is 0. The van der Waals surface area contributed by atoms with Crippen LogP contribution < -0.4 is 10.6 Å². The minimum absolute atomic E-state index is 0.170. The number of amides is 2. The summed E-state index contributed by atoms with van der Waals surface area (Å²) in [6, 6.07) is 12.9. The average Bonchev–Trinajstić information content (AvgIpc) is 2.54. The SMILES string of the molecule is CCC(C)C(=O)Nc1cccc(F)c1C(=O)Nc1ccccc1. The van der Waals surface area contributed by atoms with Gasteiger partial charge in [-0.05, 0) is 30.7 Å². The number of benzene rings is 2. The zero-order valence-electron chi connectivity index (χ0n) is 13.1. The second-order valence-corrected chi connectivity index (χ2v) is 5.28. The van der Waals surface area contributed by atoms with Crippen molar-refractivity contribution in [1.29, 1.82) is 0 Å². The Morgan fingerprint density at radius 3 is 2.39 bits per heavy atom. The zero-order chi connectivity index (χ0) is 16.8. The van der Waals surface area contributed by atoms with Crippen molar-refractivity contribution in [3.05, 3.63) is 59.9 Å². The maximum atomic E-state index is 14.1. The topological polar surface area (TPSA) is 58.2 Å². The molecule has 0 fully saturated rings. The molecule has 4 nitrogen and oxygen atoms in total. The van der Waals surface area contributed by atoms with Gasteiger partial charge in [-0.25, -0.2) is 4.39 Å². The summed E-state index contributed by atoms with van der Waals surface area (Å²) in [5.74, 6) is -1.75. The summed E-state index contributed by atoms with van der Waals surface area (Å²) in [5.41, 5.74) is 0.552. The first-order valence-electron chi connectivity index (χ1n) is 7.48. The molecule has 0 heterocycles. The van der Waals surface area contributed by atoms with Crippen LogP contribution in [0.1, 0.15) is 30.6 Å². The molecule has 0 aliphatic heterocycles. The van der Waals surface area contributed by atoms with Gasteiger partial charge in [0.25, 0.3) is 5.91 Å². The van der Waals surface area contributed by atoms with Crippen molar-refractivity contribution in [2.45, 2.75) is 20.3 Å². The number of para-hydroxylation sites is 1. The molecule has 0 aliphatic carbocycles. The Morgan fingerprint density at radius 2 is 1.74 bits per heavy atom. The van der Waals surface area contributed by atoms with Gasteiger partial charge in [-0.2, -0.15) is 0 Å². The first-order chi connectivity index (χ1) is 11.0. The molecule has 1 unspecified atom stereocenters. The number of nitrogens with one attached hydrogen (secondary N) is 2. The van der Waals surface area contributed by atoms with Gasteiger partial charge in [0.1, 0.15) is 5.82 Å². The van der Waals surface area contributed by atoms with Gasteiger partial charge in [-0.3, -0.25) is 9.59 Å². The molecule has 0 radical (unpaired) electrons. The average molecular weight is 314 g/mol. The molecule has 2 amide bonds. The number of hydrogen-bond acceptors (Lipinski definition) is 2. The van der Waals surface area contributed by atoms with E-state index in [1.54, 1.807) is 31.2 Å². The third kappa shape index (κ3) is 4.16. The third-order valence-corrected chi connectivity index (χ3v) is 3.59. The summed E-state index contributed by atoms with van der Waals surface area (Å²) in [6.45, 7) is 3.66. The minimum atomic E-state index is -0.680. The monoisotopic (exact) mass is 314 g/mol. The standard InChI is InChI=1S/C18H19FN2O2/c1-3-12(2)17(22)21-15-11-7-10-14(19)16(15)18(23)20-13-8-5-4-6-9-13/h4-12H,3H2,1-2H3,(H,20,23)(H,21,22). The van der Waals surface area contributed by atoms with E-state index in [4.69, 9.17) is 0 Å². The van der Waals surface area contributed by atoms with E-state index in [9.17, 15) is 14.0 Å². The molecular formula is C18H19FN2O2. The van der Waals surface area contributed by atoms with Crippen LogP contribution >= 0.6 is 0 Å². The van der Waals surface area contributed by atoms with Crippen LogP contribution in [0.2, 0.25) is 0 Å². The lowest BCUT2D eigenvalue weighted by molar-refractivity contribution is -0.119. The Hall–Kier alpha value is -2.69. The van der Waals surface area contributed by atoms with Crippen molar-refractivity contribution in [2.75, 3.05) is 10.6 Å². The van der Waals surface area contributed by atoms with Crippen molar-refractivity contribution in [3.63, 3.8) is 0 Å². The Labute approximate surface area is 134 Å². The highest BCUT2D eigenvalue weighted by molar-refractivity contribution is 6.10. The molecule has 5 heteroatoms. The summed E-state index contributed by atoms with van der Waals surface area (Å²) in [7, 11) is 0. The van der Waals surface area contributed by atoms with Gasteiger partial charge in [0.15, 0.2) is 0 Å². The molecule has 0 spiro atoms. The van der Waals surface area contributed by atoms with Gasteiger partial charge in [0.2, 0.25) is 5.91 Å². The molecule has 2 aromatic carbocycles. The predicted molar refractivity (Wildman–Crippen MR) is 88.9 cm³/mol. The van der Waals surface area contributed by atoms with Crippen LogP contribution in [0.15, 0.2) is 48.5 Å². The molecular weight excluding hydrogens is 295 g/mol. The number of hydrogen-bond donors (Lipinski definition) is 2. The highest BCUT2D eigenvalue weighted by atomic mass is 19.1. The van der Waals surface area contributed by atoms with Crippen LogP contribution in [0.4, 0.5) is 15.8 Å². The number of carbonyl (C=O) groups excluding carboxylic acids is 2. The van der Waals surface area contributed by atoms with Gasteiger partial charge in [-0.1, -0.05) is 38.1 Å². The Balaban J connectivity index is 2.27. The predicted octanol–water partition coefficient (Wildman–Crippen LogP) is 4.06. The highest BCUT2D eigenvalue weighted by Gasteiger charge is 2.20. The second-order valence-electron chi connectivity index (χ2n) is 5.28. The van der Waals surface area contributed by atoms with E-state index in [-0.39, 0.29) is 23.1 Å². The first kappa shape index (κ1) is 16.7. The quantitative estimate of drug-likeness (QED) is 0.874. The summed E-state index contributed by atoms with van der Waals surface area (Å²) in [6.07, 6.45) is 0.659. The van der Waals surface area contributed by atoms with Crippen LogP contribution in [-0.2, 0) is 4.79 Å².